The maximum atomic E-state index is 12.6. The van der Waals surface area contributed by atoms with Gasteiger partial charge in [0.15, 0.2) is 6.10 Å². The van der Waals surface area contributed by atoms with Crippen LogP contribution in [0.2, 0.25) is 0 Å². The van der Waals surface area contributed by atoms with E-state index in [1.165, 1.54) is 25.1 Å². The molecule has 2 atom stereocenters. The molecular formula is C23H27N3O5. The van der Waals surface area contributed by atoms with E-state index in [4.69, 9.17) is 4.74 Å². The summed E-state index contributed by atoms with van der Waals surface area (Å²) >= 11 is 0. The first-order valence-electron chi connectivity index (χ1n) is 10.5. The lowest BCUT2D eigenvalue weighted by molar-refractivity contribution is -0.384. The summed E-state index contributed by atoms with van der Waals surface area (Å²) in [5.74, 6) is -0.998. The second-order valence-corrected chi connectivity index (χ2v) is 7.84. The Kier molecular flexibility index (Phi) is 6.89. The summed E-state index contributed by atoms with van der Waals surface area (Å²) in [6.45, 7) is 5.61. The van der Waals surface area contributed by atoms with Crippen molar-refractivity contribution < 1.29 is 19.2 Å². The fourth-order valence-electron chi connectivity index (χ4n) is 3.16. The summed E-state index contributed by atoms with van der Waals surface area (Å²) in [7, 11) is 0. The third kappa shape index (κ3) is 5.59. The maximum Gasteiger partial charge on any atom is 0.339 e. The van der Waals surface area contributed by atoms with Crippen LogP contribution in [0.1, 0.15) is 61.9 Å². The van der Waals surface area contributed by atoms with E-state index in [0.29, 0.717) is 11.4 Å². The molecule has 1 saturated carbocycles. The minimum atomic E-state index is -1.07. The number of carbonyl (C=O) groups is 2. The average Bonchev–Trinajstić information content (AvgIpc) is 3.57. The molecule has 2 aromatic rings. The minimum absolute atomic E-state index is 0.0210. The van der Waals surface area contributed by atoms with E-state index in [-0.39, 0.29) is 23.2 Å². The van der Waals surface area contributed by atoms with Crippen LogP contribution in [0.4, 0.5) is 17.1 Å². The van der Waals surface area contributed by atoms with Crippen molar-refractivity contribution in [2.24, 2.45) is 0 Å². The Bertz CT molecular complexity index is 987. The van der Waals surface area contributed by atoms with Crippen molar-refractivity contribution in [3.05, 3.63) is 63.7 Å². The summed E-state index contributed by atoms with van der Waals surface area (Å²) < 4.78 is 5.27. The molecular weight excluding hydrogens is 398 g/mol. The topological polar surface area (TPSA) is 111 Å². The lowest BCUT2D eigenvalue weighted by Gasteiger charge is -2.18. The fraction of sp³-hybridized carbons (Fsp3) is 0.391. The predicted octanol–water partition coefficient (Wildman–Crippen LogP) is 4.87. The average molecular weight is 425 g/mol. The van der Waals surface area contributed by atoms with Crippen molar-refractivity contribution in [2.75, 3.05) is 10.6 Å². The lowest BCUT2D eigenvalue weighted by Crippen LogP contribution is -2.30. The quantitative estimate of drug-likeness (QED) is 0.337. The highest BCUT2D eigenvalue weighted by atomic mass is 16.6. The molecule has 8 heteroatoms. The maximum absolute atomic E-state index is 12.6. The molecule has 0 bridgehead atoms. The van der Waals surface area contributed by atoms with E-state index in [2.05, 4.69) is 24.5 Å². The van der Waals surface area contributed by atoms with E-state index < -0.39 is 22.9 Å². The molecule has 2 unspecified atom stereocenters. The van der Waals surface area contributed by atoms with Crippen LogP contribution in [0.15, 0.2) is 42.5 Å². The van der Waals surface area contributed by atoms with Crippen molar-refractivity contribution in [2.45, 2.75) is 58.1 Å². The number of hydrogen-bond donors (Lipinski definition) is 2. The molecule has 0 radical (unpaired) electrons. The minimum Gasteiger partial charge on any atom is -0.449 e. The molecule has 0 aromatic heterocycles. The van der Waals surface area contributed by atoms with E-state index in [1.54, 1.807) is 0 Å². The summed E-state index contributed by atoms with van der Waals surface area (Å²) in [4.78, 5) is 36.0. The normalized spacial score (nSPS) is 14.9. The van der Waals surface area contributed by atoms with Crippen LogP contribution in [0, 0.1) is 10.1 Å². The van der Waals surface area contributed by atoms with Gasteiger partial charge in [0.2, 0.25) is 0 Å². The van der Waals surface area contributed by atoms with E-state index in [0.717, 1.165) is 24.8 Å². The summed E-state index contributed by atoms with van der Waals surface area (Å²) in [6.07, 6.45) is 1.78. The number of ether oxygens (including phenoxy) is 1. The molecule has 1 aliphatic carbocycles. The van der Waals surface area contributed by atoms with Gasteiger partial charge in [-0.15, -0.1) is 0 Å². The van der Waals surface area contributed by atoms with Gasteiger partial charge in [-0.25, -0.2) is 4.79 Å². The molecule has 1 fully saturated rings. The fourth-order valence-corrected chi connectivity index (χ4v) is 3.16. The number of hydrogen-bond acceptors (Lipinski definition) is 6. The number of nitro benzene ring substituents is 1. The molecule has 2 aromatic carbocycles. The van der Waals surface area contributed by atoms with Crippen molar-refractivity contribution in [3.63, 3.8) is 0 Å². The van der Waals surface area contributed by atoms with Crippen molar-refractivity contribution >= 4 is 28.9 Å². The Morgan fingerprint density at radius 3 is 2.52 bits per heavy atom. The van der Waals surface area contributed by atoms with Gasteiger partial charge in [0, 0.05) is 17.8 Å². The third-order valence-electron chi connectivity index (χ3n) is 5.38. The van der Waals surface area contributed by atoms with Crippen LogP contribution in [0.3, 0.4) is 0 Å². The largest absolute Gasteiger partial charge is 0.449 e. The van der Waals surface area contributed by atoms with Gasteiger partial charge in [-0.1, -0.05) is 32.0 Å². The standard InChI is InChI=1S/C23H27N3O5/c1-4-14(2)18-7-5-6-8-19(18)25-22(27)15(3)31-23(28)16-9-12-20(24-17-10-11-17)21(13-16)26(29)30/h5-9,12-15,17,24H,4,10-11H2,1-3H3,(H,25,27). The van der Waals surface area contributed by atoms with E-state index in [9.17, 15) is 19.7 Å². The number of amides is 1. The number of nitrogens with one attached hydrogen (secondary N) is 2. The Morgan fingerprint density at radius 1 is 1.16 bits per heavy atom. The molecule has 0 spiro atoms. The molecule has 0 aliphatic heterocycles. The molecule has 1 amide bonds. The molecule has 0 heterocycles. The number of benzene rings is 2. The highest BCUT2D eigenvalue weighted by molar-refractivity contribution is 5.98. The summed E-state index contributed by atoms with van der Waals surface area (Å²) in [5, 5.41) is 17.3. The summed E-state index contributed by atoms with van der Waals surface area (Å²) in [5.41, 5.74) is 1.88. The third-order valence-corrected chi connectivity index (χ3v) is 5.38. The Hall–Kier alpha value is -3.42. The number of rotatable bonds is 9. The SMILES string of the molecule is CCC(C)c1ccccc1NC(=O)C(C)OC(=O)c1ccc(NC2CC2)c([N+](=O)[O-])c1. The highest BCUT2D eigenvalue weighted by Crippen LogP contribution is 2.32. The highest BCUT2D eigenvalue weighted by Gasteiger charge is 2.27. The monoisotopic (exact) mass is 425 g/mol. The van der Waals surface area contributed by atoms with Crippen molar-refractivity contribution in [3.8, 4) is 0 Å². The van der Waals surface area contributed by atoms with Gasteiger partial charge in [-0.2, -0.15) is 0 Å². The van der Waals surface area contributed by atoms with Gasteiger partial charge in [0.25, 0.3) is 11.6 Å². The number of anilines is 2. The number of nitro groups is 1. The molecule has 8 nitrogen and oxygen atoms in total. The second-order valence-electron chi connectivity index (χ2n) is 7.84. The zero-order chi connectivity index (χ0) is 22.5. The predicted molar refractivity (Wildman–Crippen MR) is 118 cm³/mol. The van der Waals surface area contributed by atoms with Crippen LogP contribution < -0.4 is 10.6 Å². The molecule has 31 heavy (non-hydrogen) atoms. The molecule has 2 N–H and O–H groups in total. The molecule has 3 rings (SSSR count). The second kappa shape index (κ2) is 9.59. The van der Waals surface area contributed by atoms with Crippen molar-refractivity contribution in [1.29, 1.82) is 0 Å². The van der Waals surface area contributed by atoms with Crippen LogP contribution in [0.25, 0.3) is 0 Å². The van der Waals surface area contributed by atoms with Gasteiger partial charge in [-0.05, 0) is 55.9 Å². The zero-order valence-electron chi connectivity index (χ0n) is 17.9. The zero-order valence-corrected chi connectivity index (χ0v) is 17.9. The molecule has 0 saturated heterocycles. The van der Waals surface area contributed by atoms with E-state index in [1.807, 2.05) is 24.3 Å². The van der Waals surface area contributed by atoms with Gasteiger partial charge in [0.05, 0.1) is 10.5 Å². The number of esters is 1. The van der Waals surface area contributed by atoms with Crippen LogP contribution in [0.5, 0.6) is 0 Å². The number of para-hydroxylation sites is 1. The Morgan fingerprint density at radius 2 is 1.87 bits per heavy atom. The van der Waals surface area contributed by atoms with Crippen molar-refractivity contribution in [1.82, 2.24) is 0 Å². The van der Waals surface area contributed by atoms with Gasteiger partial charge in [-0.3, -0.25) is 14.9 Å². The summed E-state index contributed by atoms with van der Waals surface area (Å²) in [6, 6.07) is 11.9. The van der Waals surface area contributed by atoms with Gasteiger partial charge >= 0.3 is 5.97 Å². The lowest BCUT2D eigenvalue weighted by atomic mass is 9.97. The number of carbonyl (C=O) groups excluding carboxylic acids is 2. The Balaban J connectivity index is 1.68. The molecule has 1 aliphatic rings. The Labute approximate surface area is 181 Å². The van der Waals surface area contributed by atoms with E-state index >= 15 is 0 Å². The van der Waals surface area contributed by atoms with Crippen LogP contribution in [-0.4, -0.2) is 28.9 Å². The van der Waals surface area contributed by atoms with Gasteiger partial charge < -0.3 is 15.4 Å². The van der Waals surface area contributed by atoms with Gasteiger partial charge in [0.1, 0.15) is 5.69 Å². The van der Waals surface area contributed by atoms with Crippen LogP contribution in [-0.2, 0) is 9.53 Å². The first kappa shape index (κ1) is 22.3. The van der Waals surface area contributed by atoms with Crippen LogP contribution >= 0.6 is 0 Å². The smallest absolute Gasteiger partial charge is 0.339 e. The molecule has 164 valence electrons. The first-order chi connectivity index (χ1) is 14.8. The number of nitrogens with zero attached hydrogens (tertiary/aromatic N) is 1. The first-order valence-corrected chi connectivity index (χ1v) is 10.5.